The van der Waals surface area contributed by atoms with Crippen molar-refractivity contribution in [3.8, 4) is 0 Å². The van der Waals surface area contributed by atoms with E-state index < -0.39 is 29.4 Å². The molecule has 2 fully saturated rings. The third-order valence-corrected chi connectivity index (χ3v) is 7.25. The number of carbonyl (C=O) groups is 3. The number of likely N-dealkylation sites (tertiary alicyclic amines) is 1. The highest BCUT2D eigenvalue weighted by Crippen LogP contribution is 2.39. The second-order valence-corrected chi connectivity index (χ2v) is 10.7. The van der Waals surface area contributed by atoms with Crippen molar-refractivity contribution in [1.82, 2.24) is 15.1 Å². The Bertz CT molecular complexity index is 1220. The van der Waals surface area contributed by atoms with Crippen LogP contribution in [0, 0.1) is 12.8 Å². The van der Waals surface area contributed by atoms with Crippen LogP contribution in [0.1, 0.15) is 60.2 Å². The number of hydrogen-bond donors (Lipinski definition) is 1. The van der Waals surface area contributed by atoms with Crippen LogP contribution in [0.25, 0.3) is 0 Å². The maximum atomic E-state index is 13.8. The lowest BCUT2D eigenvalue weighted by atomic mass is 9.95. The molecule has 7 nitrogen and oxygen atoms in total. The summed E-state index contributed by atoms with van der Waals surface area (Å²) in [6, 6.07) is 10.8. The van der Waals surface area contributed by atoms with Crippen LogP contribution in [0.15, 0.2) is 48.5 Å². The van der Waals surface area contributed by atoms with Gasteiger partial charge < -0.3 is 15.0 Å². The topological polar surface area (TPSA) is 79.0 Å². The first-order valence-corrected chi connectivity index (χ1v) is 13.2. The third-order valence-electron chi connectivity index (χ3n) is 7.25. The fraction of sp³-hybridized carbons (Fsp3) is 0.483. The molecule has 4 rings (SSSR count). The van der Waals surface area contributed by atoms with Crippen LogP contribution in [0.5, 0.6) is 0 Å². The summed E-state index contributed by atoms with van der Waals surface area (Å²) in [7, 11) is 0. The number of rotatable bonds is 6. The predicted molar refractivity (Wildman–Crippen MR) is 138 cm³/mol. The first kappa shape index (κ1) is 28.6. The van der Waals surface area contributed by atoms with Crippen LogP contribution in [0.3, 0.4) is 0 Å². The van der Waals surface area contributed by atoms with Gasteiger partial charge in [0.1, 0.15) is 11.8 Å². The van der Waals surface area contributed by atoms with Gasteiger partial charge >= 0.3 is 6.18 Å². The number of hydrogen-bond acceptors (Lipinski definition) is 4. The molecule has 3 amide bonds. The number of ether oxygens (including phenoxy) is 1. The molecular formula is C29H34F3N3O4. The molecule has 2 aromatic carbocycles. The molecule has 0 bridgehead atoms. The number of halogens is 3. The minimum atomic E-state index is -4.49. The molecular weight excluding hydrogens is 511 g/mol. The molecule has 10 heteroatoms. The molecule has 0 radical (unpaired) electrons. The summed E-state index contributed by atoms with van der Waals surface area (Å²) in [5.41, 5.74) is -0.274. The molecule has 0 aromatic heterocycles. The number of nitrogens with one attached hydrogen (secondary N) is 1. The van der Waals surface area contributed by atoms with Gasteiger partial charge in [-0.3, -0.25) is 19.3 Å². The SMILES string of the molecule is Cc1cccc(C(=O)N2[C@H](C(=O)NCc3cccc(C(F)(F)F)c3)COC23CCN(C(=O)CC(C)C)CC3)c1. The van der Waals surface area contributed by atoms with Crippen LogP contribution >= 0.6 is 0 Å². The second kappa shape index (κ2) is 11.4. The molecule has 2 aliphatic rings. The summed E-state index contributed by atoms with van der Waals surface area (Å²) in [4.78, 5) is 43.1. The van der Waals surface area contributed by atoms with Crippen LogP contribution in [0.2, 0.25) is 0 Å². The third kappa shape index (κ3) is 6.43. The Labute approximate surface area is 226 Å². The fourth-order valence-corrected chi connectivity index (χ4v) is 5.23. The lowest BCUT2D eigenvalue weighted by Crippen LogP contribution is -2.59. The van der Waals surface area contributed by atoms with Crippen molar-refractivity contribution in [2.75, 3.05) is 19.7 Å². The van der Waals surface area contributed by atoms with Crippen molar-refractivity contribution in [2.45, 2.75) is 64.5 Å². The van der Waals surface area contributed by atoms with E-state index in [1.807, 2.05) is 26.8 Å². The van der Waals surface area contributed by atoms with Crippen LogP contribution in [-0.2, 0) is 27.0 Å². The minimum absolute atomic E-state index is 0.0461. The Kier molecular flexibility index (Phi) is 8.34. The van der Waals surface area contributed by atoms with Gasteiger partial charge in [-0.15, -0.1) is 0 Å². The molecule has 2 aromatic rings. The second-order valence-electron chi connectivity index (χ2n) is 10.7. The van der Waals surface area contributed by atoms with Gasteiger partial charge in [0.2, 0.25) is 11.8 Å². The zero-order valence-corrected chi connectivity index (χ0v) is 22.4. The fourth-order valence-electron chi connectivity index (χ4n) is 5.23. The zero-order valence-electron chi connectivity index (χ0n) is 22.4. The minimum Gasteiger partial charge on any atom is -0.353 e. The molecule has 2 heterocycles. The van der Waals surface area contributed by atoms with Crippen LogP contribution < -0.4 is 5.32 Å². The summed E-state index contributed by atoms with van der Waals surface area (Å²) in [6.07, 6.45) is -3.36. The summed E-state index contributed by atoms with van der Waals surface area (Å²) in [6.45, 7) is 6.43. The predicted octanol–water partition coefficient (Wildman–Crippen LogP) is 4.54. The zero-order chi connectivity index (χ0) is 28.4. The van der Waals surface area contributed by atoms with Gasteiger partial charge in [-0.25, -0.2) is 0 Å². The van der Waals surface area contributed by atoms with Gasteiger partial charge in [-0.1, -0.05) is 43.7 Å². The van der Waals surface area contributed by atoms with Crippen molar-refractivity contribution >= 4 is 17.7 Å². The first-order chi connectivity index (χ1) is 18.4. The Balaban J connectivity index is 1.54. The number of amides is 3. The lowest BCUT2D eigenvalue weighted by Gasteiger charge is -2.44. The highest BCUT2D eigenvalue weighted by Gasteiger charge is 2.54. The van der Waals surface area contributed by atoms with Crippen molar-refractivity contribution in [2.24, 2.45) is 5.92 Å². The van der Waals surface area contributed by atoms with Crippen LogP contribution in [-0.4, -0.2) is 59.0 Å². The van der Waals surface area contributed by atoms with E-state index in [1.54, 1.807) is 23.1 Å². The molecule has 39 heavy (non-hydrogen) atoms. The maximum Gasteiger partial charge on any atom is 0.416 e. The first-order valence-electron chi connectivity index (χ1n) is 13.2. The molecule has 1 spiro atoms. The maximum absolute atomic E-state index is 13.8. The standard InChI is InChI=1S/C29H34F3N3O4/c1-19(2)14-25(36)34-12-10-28(11-13-34)35(27(38)22-8-4-6-20(3)15-22)24(18-39-28)26(37)33-17-21-7-5-9-23(16-21)29(30,31)32/h4-9,15-16,19,24H,10-14,17-18H2,1-3H3,(H,33,37)/t24-/m0/s1. The van der Waals surface area contributed by atoms with Crippen molar-refractivity contribution < 1.29 is 32.3 Å². The van der Waals surface area contributed by atoms with E-state index in [4.69, 9.17) is 4.74 Å². The monoisotopic (exact) mass is 545 g/mol. The average molecular weight is 546 g/mol. The molecule has 0 unspecified atom stereocenters. The van der Waals surface area contributed by atoms with Crippen molar-refractivity contribution in [3.63, 3.8) is 0 Å². The van der Waals surface area contributed by atoms with Crippen LogP contribution in [0.4, 0.5) is 13.2 Å². The van der Waals surface area contributed by atoms with E-state index >= 15 is 0 Å². The Morgan fingerprint density at radius 2 is 1.77 bits per heavy atom. The van der Waals surface area contributed by atoms with E-state index in [2.05, 4.69) is 5.32 Å². The van der Waals surface area contributed by atoms with E-state index in [-0.39, 0.29) is 30.9 Å². The van der Waals surface area contributed by atoms with Crippen molar-refractivity contribution in [3.05, 3.63) is 70.8 Å². The van der Waals surface area contributed by atoms with Gasteiger partial charge in [0.15, 0.2) is 0 Å². The number of nitrogens with zero attached hydrogens (tertiary/aromatic N) is 2. The highest BCUT2D eigenvalue weighted by atomic mass is 19.4. The largest absolute Gasteiger partial charge is 0.416 e. The quantitative estimate of drug-likeness (QED) is 0.579. The molecule has 1 N–H and O–H groups in total. The smallest absolute Gasteiger partial charge is 0.353 e. The molecule has 0 aliphatic carbocycles. The highest BCUT2D eigenvalue weighted by molar-refractivity contribution is 5.98. The molecule has 0 saturated carbocycles. The Morgan fingerprint density at radius 1 is 1.08 bits per heavy atom. The van der Waals surface area contributed by atoms with Crippen molar-refractivity contribution in [1.29, 1.82) is 0 Å². The average Bonchev–Trinajstić information content (AvgIpc) is 3.25. The Morgan fingerprint density at radius 3 is 2.41 bits per heavy atom. The summed E-state index contributed by atoms with van der Waals surface area (Å²) in [5, 5.41) is 2.69. The number of piperidine rings is 1. The van der Waals surface area contributed by atoms with E-state index in [0.717, 1.165) is 17.7 Å². The number of aryl methyl sites for hydroxylation is 1. The van der Waals surface area contributed by atoms with Gasteiger partial charge in [0.05, 0.1) is 12.2 Å². The van der Waals surface area contributed by atoms with Gasteiger partial charge in [0, 0.05) is 44.5 Å². The van der Waals surface area contributed by atoms with Gasteiger partial charge in [-0.05, 0) is 42.7 Å². The lowest BCUT2D eigenvalue weighted by molar-refractivity contribution is -0.144. The van der Waals surface area contributed by atoms with Gasteiger partial charge in [-0.2, -0.15) is 13.2 Å². The van der Waals surface area contributed by atoms with E-state index in [1.165, 1.54) is 17.0 Å². The van der Waals surface area contributed by atoms with E-state index in [0.29, 0.717) is 43.5 Å². The molecule has 210 valence electrons. The molecule has 2 aliphatic heterocycles. The summed E-state index contributed by atoms with van der Waals surface area (Å²) in [5.74, 6) is -0.605. The van der Waals surface area contributed by atoms with Gasteiger partial charge in [0.25, 0.3) is 5.91 Å². The molecule has 2 saturated heterocycles. The molecule has 1 atom stereocenters. The number of alkyl halides is 3. The summed E-state index contributed by atoms with van der Waals surface area (Å²) >= 11 is 0. The number of carbonyl (C=O) groups excluding carboxylic acids is 3. The number of benzene rings is 2. The summed E-state index contributed by atoms with van der Waals surface area (Å²) < 4.78 is 45.5. The van der Waals surface area contributed by atoms with E-state index in [9.17, 15) is 27.6 Å². The Hall–Kier alpha value is -3.40. The normalized spacial score (nSPS) is 19.0.